The van der Waals surface area contributed by atoms with E-state index in [9.17, 15) is 9.59 Å². The molecule has 0 radical (unpaired) electrons. The Morgan fingerprint density at radius 2 is 1.44 bits per heavy atom. The molecule has 0 bridgehead atoms. The van der Waals surface area contributed by atoms with Crippen LogP contribution in [0.2, 0.25) is 0 Å². The molecule has 1 aliphatic heterocycles. The first-order chi connectivity index (χ1) is 12.2. The molecular weight excluding hydrogens is 320 g/mol. The van der Waals surface area contributed by atoms with Gasteiger partial charge in [0.25, 0.3) is 0 Å². The highest BCUT2D eigenvalue weighted by atomic mass is 16.6. The predicted octanol–water partition coefficient (Wildman–Crippen LogP) is 3.83. The van der Waals surface area contributed by atoms with Crippen LogP contribution in [0.15, 0.2) is 48.5 Å². The van der Waals surface area contributed by atoms with E-state index in [2.05, 4.69) is 0 Å². The molecule has 5 nitrogen and oxygen atoms in total. The number of hydrogen-bond acceptors (Lipinski definition) is 5. The standard InChI is InChI=1S/C20H14O5/c1-23-15-10-14-16-13(19(21)25-20(14)22)9-8-12(17(16)18(15)24-2)11-6-4-3-5-7-11/h3-10H,1-2H3. The lowest BCUT2D eigenvalue weighted by Crippen LogP contribution is -2.20. The third kappa shape index (κ3) is 2.16. The molecular formula is C20H14O5. The van der Waals surface area contributed by atoms with E-state index in [0.717, 1.165) is 11.1 Å². The van der Waals surface area contributed by atoms with Crippen molar-refractivity contribution in [3.8, 4) is 22.6 Å². The first-order valence-corrected chi connectivity index (χ1v) is 7.69. The van der Waals surface area contributed by atoms with Crippen molar-refractivity contribution in [2.75, 3.05) is 14.2 Å². The van der Waals surface area contributed by atoms with E-state index < -0.39 is 11.9 Å². The minimum Gasteiger partial charge on any atom is -0.493 e. The van der Waals surface area contributed by atoms with Gasteiger partial charge >= 0.3 is 11.9 Å². The monoisotopic (exact) mass is 334 g/mol. The molecule has 0 spiro atoms. The molecule has 0 aromatic heterocycles. The molecule has 0 fully saturated rings. The molecule has 1 heterocycles. The zero-order valence-electron chi connectivity index (χ0n) is 13.7. The SMILES string of the molecule is COc1cc2c3c(ccc(-c4ccccc4)c3c1OC)C(=O)OC2=O. The lowest BCUT2D eigenvalue weighted by Gasteiger charge is -2.21. The Bertz CT molecular complexity index is 1020. The van der Waals surface area contributed by atoms with Crippen molar-refractivity contribution in [1.29, 1.82) is 0 Å². The molecule has 3 aromatic carbocycles. The summed E-state index contributed by atoms with van der Waals surface area (Å²) in [5.74, 6) is -0.460. The smallest absolute Gasteiger partial charge is 0.346 e. The lowest BCUT2D eigenvalue weighted by atomic mass is 9.90. The van der Waals surface area contributed by atoms with Gasteiger partial charge in [0.2, 0.25) is 0 Å². The van der Waals surface area contributed by atoms with Crippen molar-refractivity contribution in [3.05, 3.63) is 59.7 Å². The molecule has 0 N–H and O–H groups in total. The van der Waals surface area contributed by atoms with Crippen LogP contribution < -0.4 is 9.47 Å². The fourth-order valence-corrected chi connectivity index (χ4v) is 3.25. The van der Waals surface area contributed by atoms with Crippen LogP contribution in [0, 0.1) is 0 Å². The van der Waals surface area contributed by atoms with Crippen LogP contribution in [-0.4, -0.2) is 26.2 Å². The van der Waals surface area contributed by atoms with Gasteiger partial charge < -0.3 is 14.2 Å². The van der Waals surface area contributed by atoms with Crippen LogP contribution in [0.1, 0.15) is 20.7 Å². The molecule has 0 aliphatic carbocycles. The van der Waals surface area contributed by atoms with Crippen LogP contribution in [0.25, 0.3) is 21.9 Å². The fraction of sp³-hybridized carbons (Fsp3) is 0.100. The summed E-state index contributed by atoms with van der Waals surface area (Å²) < 4.78 is 15.8. The topological polar surface area (TPSA) is 61.8 Å². The number of hydrogen-bond donors (Lipinski definition) is 0. The Kier molecular flexibility index (Phi) is 3.42. The second-order valence-corrected chi connectivity index (χ2v) is 5.61. The summed E-state index contributed by atoms with van der Waals surface area (Å²) in [5.41, 5.74) is 2.42. The largest absolute Gasteiger partial charge is 0.493 e. The fourth-order valence-electron chi connectivity index (χ4n) is 3.25. The van der Waals surface area contributed by atoms with Gasteiger partial charge in [-0.3, -0.25) is 0 Å². The van der Waals surface area contributed by atoms with Crippen LogP contribution >= 0.6 is 0 Å². The van der Waals surface area contributed by atoms with E-state index in [4.69, 9.17) is 14.2 Å². The van der Waals surface area contributed by atoms with Gasteiger partial charge in [0.15, 0.2) is 11.5 Å². The molecule has 4 rings (SSSR count). The maximum Gasteiger partial charge on any atom is 0.346 e. The first-order valence-electron chi connectivity index (χ1n) is 7.69. The summed E-state index contributed by atoms with van der Waals surface area (Å²) in [6, 6.07) is 14.7. The molecule has 0 saturated carbocycles. The van der Waals surface area contributed by atoms with Gasteiger partial charge in [-0.2, -0.15) is 0 Å². The van der Waals surface area contributed by atoms with Gasteiger partial charge in [-0.05, 0) is 23.3 Å². The Balaban J connectivity index is 2.22. The maximum absolute atomic E-state index is 12.3. The second kappa shape index (κ2) is 5.63. The molecule has 3 aromatic rings. The Morgan fingerprint density at radius 1 is 0.760 bits per heavy atom. The summed E-state index contributed by atoms with van der Waals surface area (Å²) in [6.07, 6.45) is 0. The summed E-state index contributed by atoms with van der Waals surface area (Å²) in [5, 5.41) is 1.19. The Hall–Kier alpha value is -3.34. The van der Waals surface area contributed by atoms with Crippen molar-refractivity contribution in [3.63, 3.8) is 0 Å². The van der Waals surface area contributed by atoms with E-state index in [1.807, 2.05) is 36.4 Å². The normalized spacial score (nSPS) is 12.9. The average Bonchev–Trinajstić information content (AvgIpc) is 2.65. The Labute approximate surface area is 143 Å². The minimum atomic E-state index is -0.686. The van der Waals surface area contributed by atoms with Crippen molar-refractivity contribution in [1.82, 2.24) is 0 Å². The lowest BCUT2D eigenvalue weighted by molar-refractivity contribution is 0.0391. The highest BCUT2D eigenvalue weighted by molar-refractivity contribution is 6.24. The van der Waals surface area contributed by atoms with E-state index in [1.165, 1.54) is 14.2 Å². The summed E-state index contributed by atoms with van der Waals surface area (Å²) in [6.45, 7) is 0. The highest BCUT2D eigenvalue weighted by Crippen LogP contribution is 2.45. The Morgan fingerprint density at radius 3 is 2.12 bits per heavy atom. The number of esters is 2. The van der Waals surface area contributed by atoms with Gasteiger partial charge in [0.1, 0.15) is 0 Å². The van der Waals surface area contributed by atoms with Crippen LogP contribution in [0.5, 0.6) is 11.5 Å². The summed E-state index contributed by atoms with van der Waals surface area (Å²) in [7, 11) is 3.03. The molecule has 1 aliphatic rings. The third-order valence-corrected chi connectivity index (χ3v) is 4.34. The quantitative estimate of drug-likeness (QED) is 0.538. The van der Waals surface area contributed by atoms with Gasteiger partial charge in [-0.15, -0.1) is 0 Å². The van der Waals surface area contributed by atoms with Crippen molar-refractivity contribution >= 4 is 22.7 Å². The number of benzene rings is 3. The summed E-state index contributed by atoms with van der Waals surface area (Å²) >= 11 is 0. The first kappa shape index (κ1) is 15.2. The number of carbonyl (C=O) groups excluding carboxylic acids is 2. The van der Waals surface area contributed by atoms with Crippen LogP contribution in [0.4, 0.5) is 0 Å². The number of rotatable bonds is 3. The van der Waals surface area contributed by atoms with Gasteiger partial charge in [-0.25, -0.2) is 9.59 Å². The number of carbonyl (C=O) groups is 2. The van der Waals surface area contributed by atoms with Crippen LogP contribution in [0.3, 0.4) is 0 Å². The van der Waals surface area contributed by atoms with E-state index in [1.54, 1.807) is 12.1 Å². The van der Waals surface area contributed by atoms with Crippen molar-refractivity contribution in [2.24, 2.45) is 0 Å². The maximum atomic E-state index is 12.3. The van der Waals surface area contributed by atoms with Crippen LogP contribution in [-0.2, 0) is 4.74 Å². The summed E-state index contributed by atoms with van der Waals surface area (Å²) in [4.78, 5) is 24.4. The average molecular weight is 334 g/mol. The van der Waals surface area contributed by atoms with Gasteiger partial charge in [0, 0.05) is 10.8 Å². The molecule has 0 unspecified atom stereocenters. The third-order valence-electron chi connectivity index (χ3n) is 4.34. The van der Waals surface area contributed by atoms with E-state index in [-0.39, 0.29) is 0 Å². The number of ether oxygens (including phenoxy) is 3. The molecule has 5 heteroatoms. The zero-order chi connectivity index (χ0) is 17.6. The minimum absolute atomic E-state index is 0.292. The van der Waals surface area contributed by atoms with Crippen molar-refractivity contribution < 1.29 is 23.8 Å². The van der Waals surface area contributed by atoms with Gasteiger partial charge in [0.05, 0.1) is 25.3 Å². The molecule has 0 atom stereocenters. The predicted molar refractivity (Wildman–Crippen MR) is 92.2 cm³/mol. The van der Waals surface area contributed by atoms with E-state index >= 15 is 0 Å². The number of methoxy groups -OCH3 is 2. The molecule has 25 heavy (non-hydrogen) atoms. The number of cyclic esters (lactones) is 2. The zero-order valence-corrected chi connectivity index (χ0v) is 13.7. The molecule has 0 amide bonds. The molecule has 0 saturated heterocycles. The highest BCUT2D eigenvalue weighted by Gasteiger charge is 2.31. The second-order valence-electron chi connectivity index (χ2n) is 5.61. The molecule has 124 valence electrons. The van der Waals surface area contributed by atoms with Gasteiger partial charge in [-0.1, -0.05) is 36.4 Å². The van der Waals surface area contributed by atoms with Crippen molar-refractivity contribution in [2.45, 2.75) is 0 Å². The van der Waals surface area contributed by atoms with E-state index in [0.29, 0.717) is 33.4 Å².